The minimum Gasteiger partial charge on any atom is -0.508 e. The number of hydrogen-bond donors (Lipinski definition) is 2. The minimum absolute atomic E-state index is 0.0466. The number of carbonyl (C=O) groups excluding carboxylic acids is 2. The first kappa shape index (κ1) is 21.3. The molecule has 0 radical (unpaired) electrons. The number of aromatic hydroxyl groups is 1. The SMILES string of the molecule is COc1ccc(N2C(=O)[C@@H]3[C@H]4C[C@H]([C@H]5Sc6[nH]c(=O)sc6[C@@H](c6ccc(O)cc6)[C@H]45)[C@@H]3C2=O)cc1. The summed E-state index contributed by atoms with van der Waals surface area (Å²) in [5.74, 6) is 0.217. The fourth-order valence-electron chi connectivity index (χ4n) is 7.06. The van der Waals surface area contributed by atoms with E-state index in [1.54, 1.807) is 55.3 Å². The van der Waals surface area contributed by atoms with Crippen LogP contribution in [-0.4, -0.2) is 34.3 Å². The van der Waals surface area contributed by atoms with Crippen LogP contribution < -0.4 is 14.5 Å². The number of phenols is 1. The second kappa shape index (κ2) is 7.48. The number of aromatic nitrogens is 1. The van der Waals surface area contributed by atoms with Crippen molar-refractivity contribution in [1.29, 1.82) is 0 Å². The molecule has 1 saturated heterocycles. The molecule has 2 N–H and O–H groups in total. The average Bonchev–Trinajstić information content (AvgIpc) is 3.59. The van der Waals surface area contributed by atoms with Crippen molar-refractivity contribution in [2.45, 2.75) is 22.6 Å². The van der Waals surface area contributed by atoms with Gasteiger partial charge in [-0.1, -0.05) is 23.5 Å². The number of thiazole rings is 1. The van der Waals surface area contributed by atoms with Crippen LogP contribution in [0.5, 0.6) is 11.5 Å². The van der Waals surface area contributed by atoms with E-state index in [2.05, 4.69) is 4.98 Å². The summed E-state index contributed by atoms with van der Waals surface area (Å²) in [6, 6.07) is 14.2. The van der Waals surface area contributed by atoms with Crippen LogP contribution in [0.25, 0.3) is 0 Å². The van der Waals surface area contributed by atoms with Crippen LogP contribution in [0, 0.1) is 29.6 Å². The number of imide groups is 1. The van der Waals surface area contributed by atoms with Crippen LogP contribution in [0.15, 0.2) is 58.4 Å². The van der Waals surface area contributed by atoms with E-state index in [1.807, 2.05) is 12.1 Å². The van der Waals surface area contributed by atoms with Crippen LogP contribution in [0.1, 0.15) is 22.8 Å². The summed E-state index contributed by atoms with van der Waals surface area (Å²) in [5, 5.41) is 10.9. The van der Waals surface area contributed by atoms with Gasteiger partial charge in [0.2, 0.25) is 11.8 Å². The number of hydrogen-bond acceptors (Lipinski definition) is 7. The summed E-state index contributed by atoms with van der Waals surface area (Å²) in [6.07, 6.45) is 0.847. The van der Waals surface area contributed by atoms with Gasteiger partial charge in [0.25, 0.3) is 0 Å². The summed E-state index contributed by atoms with van der Waals surface area (Å²) in [7, 11) is 1.58. The molecule has 7 atom stereocenters. The Morgan fingerprint density at radius 2 is 1.66 bits per heavy atom. The number of H-pyrrole nitrogens is 1. The molecule has 1 aromatic heterocycles. The number of aromatic amines is 1. The van der Waals surface area contributed by atoms with Crippen molar-refractivity contribution in [3.63, 3.8) is 0 Å². The third-order valence-electron chi connectivity index (χ3n) is 8.31. The maximum Gasteiger partial charge on any atom is 0.305 e. The van der Waals surface area contributed by atoms with Gasteiger partial charge in [0.15, 0.2) is 0 Å². The Hall–Kier alpha value is -3.04. The molecule has 2 aliphatic carbocycles. The van der Waals surface area contributed by atoms with E-state index in [4.69, 9.17) is 4.74 Å². The van der Waals surface area contributed by atoms with Crippen molar-refractivity contribution in [2.75, 3.05) is 12.0 Å². The molecule has 3 heterocycles. The maximum atomic E-state index is 13.7. The molecule has 2 aromatic carbocycles. The number of anilines is 1. The van der Waals surface area contributed by atoms with E-state index >= 15 is 0 Å². The number of thioether (sulfide) groups is 1. The molecule has 2 amide bonds. The largest absolute Gasteiger partial charge is 0.508 e. The average molecular weight is 507 g/mol. The third kappa shape index (κ3) is 2.88. The van der Waals surface area contributed by atoms with E-state index in [1.165, 1.54) is 16.2 Å². The molecule has 3 fully saturated rings. The second-order valence-corrected chi connectivity index (χ2v) is 12.0. The smallest absolute Gasteiger partial charge is 0.305 e. The number of phenolic OH excluding ortho intramolecular Hbond substituents is 1. The normalized spacial score (nSPS) is 32.5. The minimum atomic E-state index is -0.340. The zero-order valence-corrected chi connectivity index (χ0v) is 20.3. The van der Waals surface area contributed by atoms with E-state index in [-0.39, 0.29) is 63.2 Å². The first-order valence-electron chi connectivity index (χ1n) is 11.7. The molecule has 7 nitrogen and oxygen atoms in total. The van der Waals surface area contributed by atoms with Crippen molar-refractivity contribution in [3.05, 3.63) is 68.6 Å². The molecule has 2 aliphatic heterocycles. The molecular formula is C26H22N2O5S2. The molecule has 2 saturated carbocycles. The van der Waals surface area contributed by atoms with Gasteiger partial charge in [0.05, 0.1) is 29.7 Å². The van der Waals surface area contributed by atoms with Gasteiger partial charge in [-0.2, -0.15) is 0 Å². The van der Waals surface area contributed by atoms with E-state index in [0.717, 1.165) is 21.9 Å². The van der Waals surface area contributed by atoms with E-state index in [0.29, 0.717) is 11.4 Å². The topological polar surface area (TPSA) is 99.7 Å². The van der Waals surface area contributed by atoms with Gasteiger partial charge in [-0.3, -0.25) is 19.3 Å². The summed E-state index contributed by atoms with van der Waals surface area (Å²) in [4.78, 5) is 45.0. The van der Waals surface area contributed by atoms with Crippen molar-refractivity contribution in [1.82, 2.24) is 4.98 Å². The van der Waals surface area contributed by atoms with Crippen LogP contribution in [-0.2, 0) is 9.59 Å². The molecule has 2 bridgehead atoms. The molecule has 35 heavy (non-hydrogen) atoms. The quantitative estimate of drug-likeness (QED) is 0.524. The first-order chi connectivity index (χ1) is 17.0. The zero-order chi connectivity index (χ0) is 24.0. The lowest BCUT2D eigenvalue weighted by Crippen LogP contribution is -2.42. The van der Waals surface area contributed by atoms with Gasteiger partial charge in [-0.25, -0.2) is 0 Å². The van der Waals surface area contributed by atoms with Gasteiger partial charge in [-0.05, 0) is 66.1 Å². The van der Waals surface area contributed by atoms with Crippen LogP contribution in [0.2, 0.25) is 0 Å². The number of carbonyl (C=O) groups is 2. The number of nitrogens with one attached hydrogen (secondary N) is 1. The Morgan fingerprint density at radius 1 is 0.971 bits per heavy atom. The molecule has 3 aromatic rings. The number of benzene rings is 2. The van der Waals surface area contributed by atoms with Gasteiger partial charge in [-0.15, -0.1) is 11.8 Å². The number of methoxy groups -OCH3 is 1. The third-order valence-corrected chi connectivity index (χ3v) is 10.9. The lowest BCUT2D eigenvalue weighted by Gasteiger charge is -2.43. The Labute approximate surface area is 209 Å². The summed E-state index contributed by atoms with van der Waals surface area (Å²) in [5.41, 5.74) is 1.62. The number of rotatable bonds is 3. The Bertz CT molecular complexity index is 1410. The summed E-state index contributed by atoms with van der Waals surface area (Å²) >= 11 is 2.91. The second-order valence-electron chi connectivity index (χ2n) is 9.76. The number of amides is 2. The highest BCUT2D eigenvalue weighted by atomic mass is 32.2. The van der Waals surface area contributed by atoms with Gasteiger partial charge in [0.1, 0.15) is 11.5 Å². The predicted molar refractivity (Wildman–Crippen MR) is 132 cm³/mol. The van der Waals surface area contributed by atoms with Crippen LogP contribution >= 0.6 is 23.1 Å². The molecular weight excluding hydrogens is 484 g/mol. The molecule has 0 unspecified atom stereocenters. The lowest BCUT2D eigenvalue weighted by atomic mass is 9.68. The van der Waals surface area contributed by atoms with Gasteiger partial charge in [0, 0.05) is 16.0 Å². The van der Waals surface area contributed by atoms with Crippen molar-refractivity contribution < 1.29 is 19.4 Å². The highest BCUT2D eigenvalue weighted by Crippen LogP contribution is 2.68. The van der Waals surface area contributed by atoms with Crippen LogP contribution in [0.4, 0.5) is 5.69 Å². The first-order valence-corrected chi connectivity index (χ1v) is 13.4. The highest BCUT2D eigenvalue weighted by molar-refractivity contribution is 8.00. The van der Waals surface area contributed by atoms with Crippen molar-refractivity contribution in [2.24, 2.45) is 29.6 Å². The van der Waals surface area contributed by atoms with Gasteiger partial charge >= 0.3 is 4.87 Å². The summed E-state index contributed by atoms with van der Waals surface area (Å²) < 4.78 is 5.23. The molecule has 4 aliphatic rings. The zero-order valence-electron chi connectivity index (χ0n) is 18.7. The lowest BCUT2D eigenvalue weighted by molar-refractivity contribution is -0.123. The van der Waals surface area contributed by atoms with Crippen molar-refractivity contribution in [3.8, 4) is 11.5 Å². The van der Waals surface area contributed by atoms with Crippen molar-refractivity contribution >= 4 is 40.6 Å². The Kier molecular flexibility index (Phi) is 4.54. The van der Waals surface area contributed by atoms with E-state index < -0.39 is 0 Å². The summed E-state index contributed by atoms with van der Waals surface area (Å²) in [6.45, 7) is 0. The standard InChI is InChI=1S/C26H22N2O5S2/c1-33-14-8-4-12(5-9-14)28-24(30)19-15-10-16(20(19)25(28)31)21-18(15)17(11-2-6-13(29)7-3-11)22-23(34-21)27-26(32)35-22/h2-9,15-21,29H,10H2,1H3,(H,27,32)/t15-,16-,17-,18-,19+,20-,21+/m0/s1. The fraction of sp³-hybridized carbons (Fsp3) is 0.346. The monoisotopic (exact) mass is 506 g/mol. The number of ether oxygens (including phenoxy) is 1. The Morgan fingerprint density at radius 3 is 2.34 bits per heavy atom. The Balaban J connectivity index is 1.30. The molecule has 9 heteroatoms. The molecule has 178 valence electrons. The molecule has 7 rings (SSSR count). The fourth-order valence-corrected chi connectivity index (χ4v) is 9.95. The number of fused-ring (bicyclic) bond motifs is 9. The molecule has 0 spiro atoms. The van der Waals surface area contributed by atoms with Crippen LogP contribution in [0.3, 0.4) is 0 Å². The highest BCUT2D eigenvalue weighted by Gasteiger charge is 2.69. The number of nitrogens with zero attached hydrogens (tertiary/aromatic N) is 1. The predicted octanol–water partition coefficient (Wildman–Crippen LogP) is 3.83. The van der Waals surface area contributed by atoms with Gasteiger partial charge < -0.3 is 14.8 Å². The van der Waals surface area contributed by atoms with E-state index in [9.17, 15) is 19.5 Å². The maximum absolute atomic E-state index is 13.7.